The number of carbonyl (C=O) groups excluding carboxylic acids is 1. The lowest BCUT2D eigenvalue weighted by atomic mass is 9.99. The first-order valence-electron chi connectivity index (χ1n) is 8.79. The monoisotopic (exact) mass is 412 g/mol. The molecule has 1 saturated heterocycles. The molecule has 8 nitrogen and oxygen atoms in total. The smallest absolute Gasteiger partial charge is 0.338 e. The van der Waals surface area contributed by atoms with E-state index in [4.69, 9.17) is 33.2 Å². The van der Waals surface area contributed by atoms with Gasteiger partial charge in [-0.3, -0.25) is 0 Å². The number of aromatic nitrogens is 3. The largest absolute Gasteiger partial charge is 0.458 e. The van der Waals surface area contributed by atoms with Gasteiger partial charge in [-0.05, 0) is 29.8 Å². The van der Waals surface area contributed by atoms with Crippen LogP contribution in [0.25, 0.3) is 11.0 Å². The van der Waals surface area contributed by atoms with Crippen molar-refractivity contribution >= 4 is 34.4 Å². The molecule has 1 aliphatic rings. The Kier molecular flexibility index (Phi) is 4.88. The van der Waals surface area contributed by atoms with E-state index in [0.717, 1.165) is 0 Å². The number of hydrogen-bond acceptors (Lipinski definition) is 7. The van der Waals surface area contributed by atoms with Gasteiger partial charge in [0.2, 0.25) is 5.28 Å². The molecule has 3 atom stereocenters. The first kappa shape index (κ1) is 19.2. The number of nitrogens with two attached hydrogens (primary N) is 1. The van der Waals surface area contributed by atoms with Crippen LogP contribution >= 0.6 is 11.6 Å². The van der Waals surface area contributed by atoms with E-state index >= 15 is 0 Å². The fourth-order valence-electron chi connectivity index (χ4n) is 3.31. The molecule has 9 heteroatoms. The Morgan fingerprint density at radius 1 is 1.41 bits per heavy atom. The molecule has 1 fully saturated rings. The van der Waals surface area contributed by atoms with Crippen LogP contribution in [-0.2, 0) is 9.47 Å². The SMILES string of the molecule is C#C[C@]1(COC(=O)c2ccccc2)O[C@@H](n2ccc3c(N)nc(Cl)nc32)C[C@@H]1O. The zero-order valence-corrected chi connectivity index (χ0v) is 15.9. The molecule has 2 aromatic heterocycles. The highest BCUT2D eigenvalue weighted by molar-refractivity contribution is 6.28. The van der Waals surface area contributed by atoms with Crippen LogP contribution in [-0.4, -0.2) is 43.9 Å². The molecule has 3 N–H and O–H groups in total. The van der Waals surface area contributed by atoms with Crippen LogP contribution in [0.2, 0.25) is 5.28 Å². The van der Waals surface area contributed by atoms with E-state index in [1.165, 1.54) is 0 Å². The summed E-state index contributed by atoms with van der Waals surface area (Å²) in [5.74, 6) is 2.13. The maximum atomic E-state index is 12.2. The zero-order valence-electron chi connectivity index (χ0n) is 15.2. The number of hydrogen-bond donors (Lipinski definition) is 2. The van der Waals surface area contributed by atoms with Crippen molar-refractivity contribution in [1.82, 2.24) is 14.5 Å². The lowest BCUT2D eigenvalue weighted by molar-refractivity contribution is -0.0932. The third-order valence-electron chi connectivity index (χ3n) is 4.87. The van der Waals surface area contributed by atoms with E-state index in [9.17, 15) is 9.90 Å². The summed E-state index contributed by atoms with van der Waals surface area (Å²) >= 11 is 5.92. The van der Waals surface area contributed by atoms with Gasteiger partial charge >= 0.3 is 5.97 Å². The Balaban J connectivity index is 1.57. The Hall–Kier alpha value is -3.12. The summed E-state index contributed by atoms with van der Waals surface area (Å²) in [6.45, 7) is -0.300. The van der Waals surface area contributed by atoms with Crippen molar-refractivity contribution in [2.24, 2.45) is 0 Å². The molecule has 0 amide bonds. The van der Waals surface area contributed by atoms with Crippen LogP contribution in [0.5, 0.6) is 0 Å². The maximum absolute atomic E-state index is 12.2. The molecule has 148 valence electrons. The molecule has 3 aromatic rings. The molecule has 0 bridgehead atoms. The van der Waals surface area contributed by atoms with Crippen LogP contribution in [0.4, 0.5) is 5.82 Å². The van der Waals surface area contributed by atoms with Gasteiger partial charge in [-0.15, -0.1) is 6.42 Å². The Labute approximate surface area is 171 Å². The number of aliphatic hydroxyl groups is 1. The Morgan fingerprint density at radius 3 is 2.90 bits per heavy atom. The van der Waals surface area contributed by atoms with E-state index in [1.54, 1.807) is 47.2 Å². The average Bonchev–Trinajstić information content (AvgIpc) is 3.28. The standard InChI is InChI=1S/C20H17ClN4O4/c1-2-20(11-28-18(27)12-6-4-3-5-7-12)14(26)10-15(29-20)25-9-8-13-16(22)23-19(21)24-17(13)25/h1,3-9,14-15,26H,10-11H2,(H2,22,23,24)/t14-,15+,20+/m0/s1. The van der Waals surface area contributed by atoms with Crippen LogP contribution in [0.3, 0.4) is 0 Å². The number of terminal acetylenes is 1. The van der Waals surface area contributed by atoms with Gasteiger partial charge in [0, 0.05) is 12.6 Å². The van der Waals surface area contributed by atoms with Gasteiger partial charge in [-0.25, -0.2) is 9.78 Å². The molecule has 0 unspecified atom stereocenters. The van der Waals surface area contributed by atoms with Crippen molar-refractivity contribution in [1.29, 1.82) is 0 Å². The molecule has 0 aliphatic carbocycles. The van der Waals surface area contributed by atoms with Crippen LogP contribution in [0, 0.1) is 12.3 Å². The van der Waals surface area contributed by atoms with E-state index < -0.39 is 23.9 Å². The van der Waals surface area contributed by atoms with Gasteiger partial charge in [0.15, 0.2) is 5.60 Å². The number of ether oxygens (including phenoxy) is 2. The van der Waals surface area contributed by atoms with Gasteiger partial charge in [0.25, 0.3) is 0 Å². The summed E-state index contributed by atoms with van der Waals surface area (Å²) in [5, 5.41) is 11.2. The summed E-state index contributed by atoms with van der Waals surface area (Å²) < 4.78 is 13.0. The molecule has 3 heterocycles. The van der Waals surface area contributed by atoms with Crippen molar-refractivity contribution < 1.29 is 19.4 Å². The van der Waals surface area contributed by atoms with Crippen molar-refractivity contribution in [3.8, 4) is 12.3 Å². The molecule has 0 radical (unpaired) electrons. The predicted molar refractivity (Wildman–Crippen MR) is 106 cm³/mol. The summed E-state index contributed by atoms with van der Waals surface area (Å²) in [4.78, 5) is 20.4. The predicted octanol–water partition coefficient (Wildman–Crippen LogP) is 2.18. The number of nitrogen functional groups attached to an aromatic ring is 1. The Bertz CT molecular complexity index is 1110. The molecule has 1 aromatic carbocycles. The zero-order chi connectivity index (χ0) is 20.6. The van der Waals surface area contributed by atoms with E-state index in [2.05, 4.69) is 15.9 Å². The number of nitrogens with zero attached hydrogens (tertiary/aromatic N) is 3. The number of aliphatic hydroxyl groups excluding tert-OH is 1. The second-order valence-electron chi connectivity index (χ2n) is 6.64. The van der Waals surface area contributed by atoms with Crippen molar-refractivity contribution in [2.45, 2.75) is 24.4 Å². The van der Waals surface area contributed by atoms with Crippen LogP contribution in [0.15, 0.2) is 42.6 Å². The molecule has 29 heavy (non-hydrogen) atoms. The van der Waals surface area contributed by atoms with Crippen LogP contribution in [0.1, 0.15) is 23.0 Å². The van der Waals surface area contributed by atoms with Crippen molar-refractivity contribution in [3.05, 3.63) is 53.4 Å². The lowest BCUT2D eigenvalue weighted by Gasteiger charge is -2.26. The minimum atomic E-state index is -1.49. The number of anilines is 1. The van der Waals surface area contributed by atoms with Gasteiger partial charge < -0.3 is 24.9 Å². The minimum Gasteiger partial charge on any atom is -0.458 e. The van der Waals surface area contributed by atoms with Gasteiger partial charge in [0.05, 0.1) is 10.9 Å². The molecule has 0 saturated carbocycles. The maximum Gasteiger partial charge on any atom is 0.338 e. The van der Waals surface area contributed by atoms with Gasteiger partial charge in [0.1, 0.15) is 30.4 Å². The molecule has 4 rings (SSSR count). The number of rotatable bonds is 4. The normalized spacial score (nSPS) is 23.8. The second-order valence-corrected chi connectivity index (χ2v) is 6.98. The second kappa shape index (κ2) is 7.37. The van der Waals surface area contributed by atoms with E-state index in [1.807, 2.05) is 0 Å². The van der Waals surface area contributed by atoms with E-state index in [0.29, 0.717) is 16.6 Å². The third kappa shape index (κ3) is 3.40. The number of benzene rings is 1. The van der Waals surface area contributed by atoms with E-state index in [-0.39, 0.29) is 24.1 Å². The fraction of sp³-hybridized carbons (Fsp3) is 0.250. The van der Waals surface area contributed by atoms with Crippen molar-refractivity contribution in [2.75, 3.05) is 12.3 Å². The average molecular weight is 413 g/mol. The molecule has 0 spiro atoms. The fourth-order valence-corrected chi connectivity index (χ4v) is 3.49. The highest BCUT2D eigenvalue weighted by atomic mass is 35.5. The number of carbonyl (C=O) groups is 1. The molecule has 1 aliphatic heterocycles. The highest BCUT2D eigenvalue weighted by Gasteiger charge is 2.49. The Morgan fingerprint density at radius 2 is 2.17 bits per heavy atom. The number of esters is 1. The quantitative estimate of drug-likeness (QED) is 0.383. The summed E-state index contributed by atoms with van der Waals surface area (Å²) in [6, 6.07) is 10.2. The lowest BCUT2D eigenvalue weighted by Crippen LogP contribution is -2.43. The number of fused-ring (bicyclic) bond motifs is 1. The third-order valence-corrected chi connectivity index (χ3v) is 5.03. The summed E-state index contributed by atoms with van der Waals surface area (Å²) in [7, 11) is 0. The first-order valence-corrected chi connectivity index (χ1v) is 9.17. The first-order chi connectivity index (χ1) is 13.9. The van der Waals surface area contributed by atoms with Crippen molar-refractivity contribution in [3.63, 3.8) is 0 Å². The summed E-state index contributed by atoms with van der Waals surface area (Å²) in [6.07, 6.45) is 5.81. The van der Waals surface area contributed by atoms with Gasteiger partial charge in [-0.1, -0.05) is 24.1 Å². The number of halogens is 1. The highest BCUT2D eigenvalue weighted by Crippen LogP contribution is 2.39. The molecular formula is C20H17ClN4O4. The van der Waals surface area contributed by atoms with Gasteiger partial charge in [-0.2, -0.15) is 4.98 Å². The minimum absolute atomic E-state index is 0.00602. The summed E-state index contributed by atoms with van der Waals surface area (Å²) in [5.41, 5.74) is 5.22. The molecular weight excluding hydrogens is 396 g/mol. The topological polar surface area (TPSA) is 112 Å². The van der Waals surface area contributed by atoms with Crippen LogP contribution < -0.4 is 5.73 Å².